The molecule has 28 heavy (non-hydrogen) atoms. The minimum Gasteiger partial charge on any atom is -0.435 e. The molecule has 0 saturated carbocycles. The van der Waals surface area contributed by atoms with Crippen LogP contribution < -0.4 is 14.8 Å². The summed E-state index contributed by atoms with van der Waals surface area (Å²) in [6.45, 7) is -6.49. The van der Waals surface area contributed by atoms with Crippen molar-refractivity contribution in [1.29, 1.82) is 0 Å². The topological polar surface area (TPSA) is 47.6 Å². The van der Waals surface area contributed by atoms with Gasteiger partial charge in [-0.3, -0.25) is 4.79 Å². The van der Waals surface area contributed by atoms with Gasteiger partial charge >= 0.3 is 13.2 Å². The quantitative estimate of drug-likeness (QED) is 0.400. The smallest absolute Gasteiger partial charge is 0.387 e. The maximum Gasteiger partial charge on any atom is 0.387 e. The molecule has 0 heterocycles. The lowest BCUT2D eigenvalue weighted by Gasteiger charge is -2.11. The molecule has 2 aromatic rings. The van der Waals surface area contributed by atoms with E-state index >= 15 is 0 Å². The van der Waals surface area contributed by atoms with Crippen molar-refractivity contribution in [3.05, 3.63) is 59.4 Å². The third-order valence-electron chi connectivity index (χ3n) is 3.13. The summed E-state index contributed by atoms with van der Waals surface area (Å²) in [6, 6.07) is 4.19. The minimum atomic E-state index is -3.29. The van der Waals surface area contributed by atoms with Crippen molar-refractivity contribution in [3.63, 3.8) is 0 Å². The fourth-order valence-electron chi connectivity index (χ4n) is 1.99. The predicted octanol–water partition coefficient (Wildman–Crippen LogP) is 4.96. The molecule has 1 N–H and O–H groups in total. The molecule has 0 unspecified atom stereocenters. The second-order valence-electron chi connectivity index (χ2n) is 5.00. The lowest BCUT2D eigenvalue weighted by atomic mass is 10.1. The van der Waals surface area contributed by atoms with Gasteiger partial charge in [-0.25, -0.2) is 13.2 Å². The van der Waals surface area contributed by atoms with Crippen molar-refractivity contribution in [1.82, 2.24) is 0 Å². The van der Waals surface area contributed by atoms with Gasteiger partial charge in [0.15, 0.2) is 17.5 Å². The Morgan fingerprint density at radius 2 is 1.61 bits per heavy atom. The van der Waals surface area contributed by atoms with Crippen LogP contribution in [0.2, 0.25) is 0 Å². The van der Waals surface area contributed by atoms with Gasteiger partial charge in [0.2, 0.25) is 5.91 Å². The van der Waals surface area contributed by atoms with Gasteiger partial charge in [-0.15, -0.1) is 0 Å². The molecule has 0 atom stereocenters. The van der Waals surface area contributed by atoms with Crippen LogP contribution in [0.1, 0.15) is 5.56 Å². The van der Waals surface area contributed by atoms with Crippen LogP contribution in [-0.2, 0) is 4.79 Å². The standard InChI is InChI=1S/C17H10F7NO3/c18-10-4-5-11(15(20)14(10)19)25-13(26)6-2-8-1-3-9(27-16(21)22)7-12(8)28-17(23)24/h1-7,16-17H,(H,25,26)/b6-2+. The highest BCUT2D eigenvalue weighted by Gasteiger charge is 2.15. The molecule has 0 bridgehead atoms. The number of alkyl halides is 4. The van der Waals surface area contributed by atoms with E-state index in [0.29, 0.717) is 6.07 Å². The Labute approximate surface area is 153 Å². The molecule has 11 heteroatoms. The number of benzene rings is 2. The molecule has 0 aromatic heterocycles. The average molecular weight is 409 g/mol. The van der Waals surface area contributed by atoms with E-state index in [1.807, 2.05) is 5.32 Å². The molecule has 2 aromatic carbocycles. The highest BCUT2D eigenvalue weighted by atomic mass is 19.3. The molecule has 2 rings (SSSR count). The van der Waals surface area contributed by atoms with Crippen LogP contribution in [0.15, 0.2) is 36.4 Å². The lowest BCUT2D eigenvalue weighted by Crippen LogP contribution is -2.10. The summed E-state index contributed by atoms with van der Waals surface area (Å²) in [5.41, 5.74) is -0.777. The van der Waals surface area contributed by atoms with Crippen molar-refractivity contribution in [3.8, 4) is 11.5 Å². The summed E-state index contributed by atoms with van der Waals surface area (Å²) in [6.07, 6.45) is 1.71. The number of carbonyl (C=O) groups is 1. The van der Waals surface area contributed by atoms with E-state index in [-0.39, 0.29) is 5.56 Å². The molecule has 0 aliphatic carbocycles. The van der Waals surface area contributed by atoms with E-state index in [2.05, 4.69) is 9.47 Å². The molecule has 0 fully saturated rings. The first-order chi connectivity index (χ1) is 13.2. The van der Waals surface area contributed by atoms with Crippen molar-refractivity contribution in [2.75, 3.05) is 5.32 Å². The molecule has 0 radical (unpaired) electrons. The van der Waals surface area contributed by atoms with E-state index in [9.17, 15) is 35.5 Å². The van der Waals surface area contributed by atoms with Crippen molar-refractivity contribution in [2.24, 2.45) is 0 Å². The van der Waals surface area contributed by atoms with Crippen LogP contribution in [-0.4, -0.2) is 19.1 Å². The van der Waals surface area contributed by atoms with Crippen molar-refractivity contribution in [2.45, 2.75) is 13.2 Å². The van der Waals surface area contributed by atoms with Crippen LogP contribution in [0.25, 0.3) is 6.08 Å². The zero-order valence-electron chi connectivity index (χ0n) is 13.6. The first kappa shape index (κ1) is 21.1. The van der Waals surface area contributed by atoms with Gasteiger partial charge in [-0.1, -0.05) is 0 Å². The number of ether oxygens (including phenoxy) is 2. The number of hydrogen-bond acceptors (Lipinski definition) is 3. The number of carbonyl (C=O) groups excluding carboxylic acids is 1. The third kappa shape index (κ3) is 5.63. The Morgan fingerprint density at radius 1 is 0.929 bits per heavy atom. The Bertz CT molecular complexity index is 887. The molecule has 0 saturated heterocycles. The van der Waals surface area contributed by atoms with Crippen LogP contribution >= 0.6 is 0 Å². The van der Waals surface area contributed by atoms with E-state index in [1.165, 1.54) is 0 Å². The normalized spacial score (nSPS) is 11.3. The van der Waals surface area contributed by atoms with Gasteiger partial charge in [0.25, 0.3) is 0 Å². The predicted molar refractivity (Wildman–Crippen MR) is 83.7 cm³/mol. The number of rotatable bonds is 7. The Balaban J connectivity index is 2.20. The summed E-state index contributed by atoms with van der Waals surface area (Å²) in [4.78, 5) is 11.8. The number of halogens is 7. The summed E-state index contributed by atoms with van der Waals surface area (Å²) >= 11 is 0. The van der Waals surface area contributed by atoms with Gasteiger partial charge < -0.3 is 14.8 Å². The number of hydrogen-bond donors (Lipinski definition) is 1. The molecule has 1 amide bonds. The van der Waals surface area contributed by atoms with E-state index in [4.69, 9.17) is 0 Å². The van der Waals surface area contributed by atoms with Gasteiger partial charge in [0.05, 0.1) is 5.69 Å². The summed E-state index contributed by atoms with van der Waals surface area (Å²) in [5, 5.41) is 1.93. The van der Waals surface area contributed by atoms with Crippen molar-refractivity contribution < 1.29 is 45.0 Å². The van der Waals surface area contributed by atoms with Gasteiger partial charge in [-0.05, 0) is 30.3 Å². The van der Waals surface area contributed by atoms with E-state index in [1.54, 1.807) is 0 Å². The largest absolute Gasteiger partial charge is 0.435 e. The second kappa shape index (κ2) is 9.11. The minimum absolute atomic E-state index is 0.122. The summed E-state index contributed by atoms with van der Waals surface area (Å²) in [7, 11) is 0. The molecular weight excluding hydrogens is 399 g/mol. The summed E-state index contributed by atoms with van der Waals surface area (Å²) in [5.74, 6) is -6.92. The van der Waals surface area contributed by atoms with Crippen LogP contribution in [0.3, 0.4) is 0 Å². The highest BCUT2D eigenvalue weighted by molar-refractivity contribution is 6.02. The first-order valence-corrected chi connectivity index (χ1v) is 7.33. The van der Waals surface area contributed by atoms with Crippen LogP contribution in [0, 0.1) is 17.5 Å². The lowest BCUT2D eigenvalue weighted by molar-refractivity contribution is -0.111. The second-order valence-corrected chi connectivity index (χ2v) is 5.00. The van der Waals surface area contributed by atoms with Gasteiger partial charge in [-0.2, -0.15) is 17.6 Å². The zero-order valence-corrected chi connectivity index (χ0v) is 13.6. The van der Waals surface area contributed by atoms with Gasteiger partial charge in [0, 0.05) is 17.7 Å². The molecule has 4 nitrogen and oxygen atoms in total. The fourth-order valence-corrected chi connectivity index (χ4v) is 1.99. The number of amides is 1. The van der Waals surface area contributed by atoms with E-state index in [0.717, 1.165) is 36.4 Å². The highest BCUT2D eigenvalue weighted by Crippen LogP contribution is 2.28. The number of anilines is 1. The molecule has 0 aliphatic heterocycles. The molecule has 0 spiro atoms. The van der Waals surface area contributed by atoms with Crippen LogP contribution in [0.4, 0.5) is 36.4 Å². The SMILES string of the molecule is O=C(/C=C/c1ccc(OC(F)F)cc1OC(F)F)Nc1ccc(F)c(F)c1F. The number of nitrogens with one attached hydrogen (secondary N) is 1. The maximum atomic E-state index is 13.5. The fraction of sp³-hybridized carbons (Fsp3) is 0.118. The third-order valence-corrected chi connectivity index (χ3v) is 3.13. The summed E-state index contributed by atoms with van der Waals surface area (Å²) < 4.78 is 97.1. The molecular formula is C17H10F7NO3. The maximum absolute atomic E-state index is 13.5. The zero-order chi connectivity index (χ0) is 20.8. The Hall–Kier alpha value is -3.24. The van der Waals surface area contributed by atoms with Gasteiger partial charge in [0.1, 0.15) is 11.5 Å². The molecule has 0 aliphatic rings. The van der Waals surface area contributed by atoms with Crippen molar-refractivity contribution >= 4 is 17.7 Å². The average Bonchev–Trinajstić information content (AvgIpc) is 2.60. The Kier molecular flexibility index (Phi) is 6.85. The van der Waals surface area contributed by atoms with Crippen LogP contribution in [0.5, 0.6) is 11.5 Å². The first-order valence-electron chi connectivity index (χ1n) is 7.33. The Morgan fingerprint density at radius 3 is 2.25 bits per heavy atom. The molecule has 150 valence electrons. The van der Waals surface area contributed by atoms with E-state index < -0.39 is 53.8 Å². The monoisotopic (exact) mass is 409 g/mol.